The quantitative estimate of drug-likeness (QED) is 0.670. The molecule has 2 atom stereocenters. The van der Waals surface area contributed by atoms with Crippen LogP contribution in [0.4, 0.5) is 0 Å². The van der Waals surface area contributed by atoms with E-state index in [2.05, 4.69) is 36.1 Å². The summed E-state index contributed by atoms with van der Waals surface area (Å²) in [6.07, 6.45) is 5.46. The van der Waals surface area contributed by atoms with Gasteiger partial charge in [-0.1, -0.05) is 6.92 Å². The standard InChI is InChI=1S/C15H31N3O/c1-4-16-13-11-14-5-6-15(12-13)18(14)8-10-19-9-7-17(2)3/h13-16H,4-12H2,1-3H3. The van der Waals surface area contributed by atoms with Gasteiger partial charge < -0.3 is 15.0 Å². The highest BCUT2D eigenvalue weighted by atomic mass is 16.5. The van der Waals surface area contributed by atoms with E-state index in [1.807, 2.05) is 0 Å². The summed E-state index contributed by atoms with van der Waals surface area (Å²) in [6.45, 7) is 7.23. The van der Waals surface area contributed by atoms with Crippen LogP contribution in [-0.2, 0) is 4.74 Å². The number of nitrogens with one attached hydrogen (secondary N) is 1. The van der Waals surface area contributed by atoms with Crippen LogP contribution >= 0.6 is 0 Å². The van der Waals surface area contributed by atoms with E-state index in [1.54, 1.807) is 0 Å². The van der Waals surface area contributed by atoms with Gasteiger partial charge in [0.15, 0.2) is 0 Å². The van der Waals surface area contributed by atoms with Crippen molar-refractivity contribution >= 4 is 0 Å². The molecule has 0 radical (unpaired) electrons. The van der Waals surface area contributed by atoms with E-state index in [9.17, 15) is 0 Å². The van der Waals surface area contributed by atoms with Gasteiger partial charge in [-0.25, -0.2) is 0 Å². The topological polar surface area (TPSA) is 27.7 Å². The van der Waals surface area contributed by atoms with Gasteiger partial charge in [-0.15, -0.1) is 0 Å². The minimum atomic E-state index is 0.758. The summed E-state index contributed by atoms with van der Waals surface area (Å²) in [7, 11) is 4.18. The summed E-state index contributed by atoms with van der Waals surface area (Å²) in [6, 6.07) is 2.37. The number of nitrogens with zero attached hydrogens (tertiary/aromatic N) is 2. The molecule has 19 heavy (non-hydrogen) atoms. The van der Waals surface area contributed by atoms with Crippen LogP contribution in [0.2, 0.25) is 0 Å². The SMILES string of the molecule is CCNC1CC2CCC(C1)N2CCOCCN(C)C. The molecule has 2 saturated heterocycles. The zero-order valence-electron chi connectivity index (χ0n) is 12.9. The number of ether oxygens (including phenoxy) is 1. The number of hydrogen-bond acceptors (Lipinski definition) is 4. The average Bonchev–Trinajstić information content (AvgIpc) is 2.60. The molecule has 2 heterocycles. The Morgan fingerprint density at radius 3 is 2.42 bits per heavy atom. The lowest BCUT2D eigenvalue weighted by atomic mass is 9.97. The van der Waals surface area contributed by atoms with Crippen molar-refractivity contribution in [2.45, 2.75) is 50.7 Å². The predicted molar refractivity (Wildman–Crippen MR) is 79.6 cm³/mol. The van der Waals surface area contributed by atoms with Crippen molar-refractivity contribution in [2.24, 2.45) is 0 Å². The lowest BCUT2D eigenvalue weighted by Crippen LogP contribution is -2.50. The minimum absolute atomic E-state index is 0.758. The lowest BCUT2D eigenvalue weighted by Gasteiger charge is -2.39. The zero-order valence-corrected chi connectivity index (χ0v) is 12.9. The number of hydrogen-bond donors (Lipinski definition) is 1. The van der Waals surface area contributed by atoms with E-state index in [1.165, 1.54) is 25.7 Å². The van der Waals surface area contributed by atoms with Crippen LogP contribution in [0.15, 0.2) is 0 Å². The molecule has 0 aliphatic carbocycles. The highest BCUT2D eigenvalue weighted by Crippen LogP contribution is 2.35. The number of rotatable bonds is 8. The normalized spacial score (nSPS) is 31.3. The lowest BCUT2D eigenvalue weighted by molar-refractivity contribution is 0.0542. The van der Waals surface area contributed by atoms with Crippen LogP contribution in [0, 0.1) is 0 Å². The Morgan fingerprint density at radius 2 is 1.84 bits per heavy atom. The first kappa shape index (κ1) is 15.2. The first-order chi connectivity index (χ1) is 9.20. The molecule has 1 N–H and O–H groups in total. The van der Waals surface area contributed by atoms with Crippen molar-refractivity contribution in [3.8, 4) is 0 Å². The van der Waals surface area contributed by atoms with E-state index < -0.39 is 0 Å². The third kappa shape index (κ3) is 4.42. The molecule has 2 fully saturated rings. The summed E-state index contributed by atoms with van der Waals surface area (Å²) in [5.41, 5.74) is 0. The second kappa shape index (κ2) is 7.58. The van der Waals surface area contributed by atoms with Gasteiger partial charge in [0.1, 0.15) is 0 Å². The number of piperidine rings is 1. The largest absolute Gasteiger partial charge is 0.379 e. The average molecular weight is 269 g/mol. The second-order valence-corrected chi connectivity index (χ2v) is 6.26. The number of likely N-dealkylation sites (N-methyl/N-ethyl adjacent to an activating group) is 1. The van der Waals surface area contributed by atoms with Crippen molar-refractivity contribution in [3.63, 3.8) is 0 Å². The molecule has 112 valence electrons. The molecule has 0 amide bonds. The zero-order chi connectivity index (χ0) is 13.7. The Hall–Kier alpha value is -0.160. The number of fused-ring (bicyclic) bond motifs is 2. The van der Waals surface area contributed by atoms with Gasteiger partial charge >= 0.3 is 0 Å². The third-order valence-corrected chi connectivity index (χ3v) is 4.55. The Balaban J connectivity index is 1.65. The monoisotopic (exact) mass is 269 g/mol. The Morgan fingerprint density at radius 1 is 1.16 bits per heavy atom. The minimum Gasteiger partial charge on any atom is -0.379 e. The molecular weight excluding hydrogens is 238 g/mol. The molecule has 2 rings (SSSR count). The van der Waals surface area contributed by atoms with E-state index >= 15 is 0 Å². The van der Waals surface area contributed by atoms with E-state index in [4.69, 9.17) is 4.74 Å². The van der Waals surface area contributed by atoms with Crippen molar-refractivity contribution in [2.75, 3.05) is 46.9 Å². The van der Waals surface area contributed by atoms with Gasteiger partial charge in [0.2, 0.25) is 0 Å². The summed E-state index contributed by atoms with van der Waals surface area (Å²) in [5.74, 6) is 0. The second-order valence-electron chi connectivity index (χ2n) is 6.26. The first-order valence-electron chi connectivity index (χ1n) is 7.92. The van der Waals surface area contributed by atoms with Gasteiger partial charge in [0, 0.05) is 31.2 Å². The van der Waals surface area contributed by atoms with Crippen LogP contribution in [0.25, 0.3) is 0 Å². The fourth-order valence-corrected chi connectivity index (χ4v) is 3.61. The fourth-order valence-electron chi connectivity index (χ4n) is 3.61. The predicted octanol–water partition coefficient (Wildman–Crippen LogP) is 1.17. The molecule has 0 aromatic rings. The molecule has 0 aromatic heterocycles. The molecular formula is C15H31N3O. The molecule has 2 aliphatic heterocycles. The Labute approximate surface area is 118 Å². The third-order valence-electron chi connectivity index (χ3n) is 4.55. The van der Waals surface area contributed by atoms with Crippen molar-refractivity contribution in [1.29, 1.82) is 0 Å². The first-order valence-corrected chi connectivity index (χ1v) is 7.92. The smallest absolute Gasteiger partial charge is 0.0594 e. The fraction of sp³-hybridized carbons (Fsp3) is 1.00. The van der Waals surface area contributed by atoms with Gasteiger partial charge in [0.25, 0.3) is 0 Å². The van der Waals surface area contributed by atoms with E-state index in [-0.39, 0.29) is 0 Å². The molecule has 2 bridgehead atoms. The van der Waals surface area contributed by atoms with E-state index in [0.29, 0.717) is 0 Å². The van der Waals surface area contributed by atoms with Crippen LogP contribution in [0.5, 0.6) is 0 Å². The molecule has 0 spiro atoms. The van der Waals surface area contributed by atoms with Crippen LogP contribution in [0.3, 0.4) is 0 Å². The summed E-state index contributed by atoms with van der Waals surface area (Å²) in [4.78, 5) is 4.88. The van der Waals surface area contributed by atoms with Gasteiger partial charge in [-0.2, -0.15) is 0 Å². The Bertz CT molecular complexity index is 246. The summed E-state index contributed by atoms with van der Waals surface area (Å²) < 4.78 is 5.75. The molecule has 4 nitrogen and oxygen atoms in total. The Kier molecular flexibility index (Phi) is 6.07. The highest BCUT2D eigenvalue weighted by molar-refractivity contribution is 4.97. The molecule has 0 aromatic carbocycles. The van der Waals surface area contributed by atoms with Gasteiger partial charge in [0.05, 0.1) is 13.2 Å². The maximum absolute atomic E-state index is 5.75. The molecule has 0 saturated carbocycles. The molecule has 2 unspecified atom stereocenters. The maximum atomic E-state index is 5.75. The van der Waals surface area contributed by atoms with Gasteiger partial charge in [-0.05, 0) is 46.3 Å². The van der Waals surface area contributed by atoms with Crippen LogP contribution in [-0.4, -0.2) is 74.9 Å². The van der Waals surface area contributed by atoms with E-state index in [0.717, 1.165) is 51.0 Å². The summed E-state index contributed by atoms with van der Waals surface area (Å²) in [5, 5.41) is 3.63. The van der Waals surface area contributed by atoms with Gasteiger partial charge in [-0.3, -0.25) is 4.90 Å². The molecule has 2 aliphatic rings. The maximum Gasteiger partial charge on any atom is 0.0594 e. The van der Waals surface area contributed by atoms with Crippen LogP contribution in [0.1, 0.15) is 32.6 Å². The van der Waals surface area contributed by atoms with Crippen molar-refractivity contribution < 1.29 is 4.74 Å². The molecule has 4 heteroatoms. The van der Waals surface area contributed by atoms with Crippen molar-refractivity contribution in [1.82, 2.24) is 15.1 Å². The van der Waals surface area contributed by atoms with Crippen LogP contribution < -0.4 is 5.32 Å². The van der Waals surface area contributed by atoms with Crippen molar-refractivity contribution in [3.05, 3.63) is 0 Å². The summed E-state index contributed by atoms with van der Waals surface area (Å²) >= 11 is 0. The highest BCUT2D eigenvalue weighted by Gasteiger charge is 2.39.